The topological polar surface area (TPSA) is 46.3 Å². The molecule has 1 aromatic rings. The maximum atomic E-state index is 12.8. The van der Waals surface area contributed by atoms with Gasteiger partial charge in [-0.15, -0.1) is 0 Å². The number of hydrogen-bond donors (Lipinski definition) is 1. The molecule has 2 atom stereocenters. The van der Waals surface area contributed by atoms with Gasteiger partial charge in [0.1, 0.15) is 5.92 Å². The number of carbonyl (C=O) groups excluding carboxylic acids is 1. The largest absolute Gasteiger partial charge is 0.392 e. The molecular weight excluding hydrogens is 268 g/mol. The van der Waals surface area contributed by atoms with Crippen molar-refractivity contribution in [3.63, 3.8) is 0 Å². The van der Waals surface area contributed by atoms with Crippen molar-refractivity contribution in [3.8, 4) is 0 Å². The monoisotopic (exact) mass is 290 g/mol. The molecule has 1 saturated heterocycles. The SMILES string of the molecule is CC1CCCN(C(=O)C(C(N)=S)c2ccccc2)CC1. The van der Waals surface area contributed by atoms with Crippen LogP contribution in [0.4, 0.5) is 0 Å². The highest BCUT2D eigenvalue weighted by Crippen LogP contribution is 2.23. The zero-order valence-corrected chi connectivity index (χ0v) is 12.7. The Hall–Kier alpha value is -1.42. The van der Waals surface area contributed by atoms with Crippen LogP contribution in [0.3, 0.4) is 0 Å². The van der Waals surface area contributed by atoms with Crippen molar-refractivity contribution < 1.29 is 4.79 Å². The Bertz CT molecular complexity index is 475. The molecule has 3 nitrogen and oxygen atoms in total. The molecular formula is C16H22N2OS. The fourth-order valence-electron chi connectivity index (χ4n) is 2.74. The summed E-state index contributed by atoms with van der Waals surface area (Å²) in [5.41, 5.74) is 6.72. The first-order chi connectivity index (χ1) is 9.59. The Kier molecular flexibility index (Phi) is 5.12. The van der Waals surface area contributed by atoms with Gasteiger partial charge in [-0.1, -0.05) is 49.5 Å². The summed E-state index contributed by atoms with van der Waals surface area (Å²) in [5.74, 6) is 0.255. The molecule has 1 amide bonds. The summed E-state index contributed by atoms with van der Waals surface area (Å²) >= 11 is 5.13. The number of amides is 1. The molecule has 0 aromatic heterocycles. The lowest BCUT2D eigenvalue weighted by Crippen LogP contribution is -2.40. The van der Waals surface area contributed by atoms with E-state index < -0.39 is 5.92 Å². The summed E-state index contributed by atoms with van der Waals surface area (Å²) in [6, 6.07) is 9.60. The Morgan fingerprint density at radius 2 is 2.00 bits per heavy atom. The Morgan fingerprint density at radius 1 is 1.30 bits per heavy atom. The van der Waals surface area contributed by atoms with E-state index in [2.05, 4.69) is 6.92 Å². The number of hydrogen-bond acceptors (Lipinski definition) is 2. The summed E-state index contributed by atoms with van der Waals surface area (Å²) < 4.78 is 0. The zero-order chi connectivity index (χ0) is 14.5. The molecule has 2 unspecified atom stereocenters. The van der Waals surface area contributed by atoms with Gasteiger partial charge in [0.25, 0.3) is 0 Å². The molecule has 1 aliphatic heterocycles. The maximum absolute atomic E-state index is 12.8. The van der Waals surface area contributed by atoms with Crippen molar-refractivity contribution in [2.24, 2.45) is 11.7 Å². The van der Waals surface area contributed by atoms with Crippen molar-refractivity contribution in [1.29, 1.82) is 0 Å². The van der Waals surface area contributed by atoms with E-state index >= 15 is 0 Å². The van der Waals surface area contributed by atoms with Gasteiger partial charge in [-0.3, -0.25) is 4.79 Å². The lowest BCUT2D eigenvalue weighted by molar-refractivity contribution is -0.131. The zero-order valence-electron chi connectivity index (χ0n) is 11.9. The van der Waals surface area contributed by atoms with E-state index in [0.29, 0.717) is 5.92 Å². The summed E-state index contributed by atoms with van der Waals surface area (Å²) in [6.07, 6.45) is 3.31. The molecule has 2 rings (SSSR count). The van der Waals surface area contributed by atoms with Gasteiger partial charge >= 0.3 is 0 Å². The van der Waals surface area contributed by atoms with E-state index in [1.54, 1.807) is 0 Å². The quantitative estimate of drug-likeness (QED) is 0.871. The van der Waals surface area contributed by atoms with E-state index in [1.807, 2.05) is 35.2 Å². The average Bonchev–Trinajstić information content (AvgIpc) is 2.64. The molecule has 1 aliphatic rings. The van der Waals surface area contributed by atoms with E-state index in [4.69, 9.17) is 18.0 Å². The van der Waals surface area contributed by atoms with E-state index in [1.165, 1.54) is 6.42 Å². The van der Waals surface area contributed by atoms with E-state index in [0.717, 1.165) is 31.5 Å². The van der Waals surface area contributed by atoms with Crippen LogP contribution in [-0.4, -0.2) is 28.9 Å². The van der Waals surface area contributed by atoms with Crippen LogP contribution in [0.25, 0.3) is 0 Å². The Labute approximate surface area is 126 Å². The molecule has 2 N–H and O–H groups in total. The lowest BCUT2D eigenvalue weighted by atomic mass is 9.97. The predicted molar refractivity (Wildman–Crippen MR) is 85.6 cm³/mol. The van der Waals surface area contributed by atoms with Gasteiger partial charge in [0, 0.05) is 13.1 Å². The van der Waals surface area contributed by atoms with Crippen molar-refractivity contribution in [1.82, 2.24) is 4.90 Å². The predicted octanol–water partition coefficient (Wildman–Crippen LogP) is 2.70. The van der Waals surface area contributed by atoms with Gasteiger partial charge in [0.05, 0.1) is 4.99 Å². The molecule has 0 spiro atoms. The number of rotatable bonds is 3. The van der Waals surface area contributed by atoms with Crippen LogP contribution in [0, 0.1) is 5.92 Å². The molecule has 1 aromatic carbocycles. The molecule has 20 heavy (non-hydrogen) atoms. The fourth-order valence-corrected chi connectivity index (χ4v) is 2.98. The van der Waals surface area contributed by atoms with Gasteiger partial charge in [0.2, 0.25) is 5.91 Å². The van der Waals surface area contributed by atoms with Crippen LogP contribution in [0.5, 0.6) is 0 Å². The van der Waals surface area contributed by atoms with Crippen LogP contribution >= 0.6 is 12.2 Å². The second kappa shape index (κ2) is 6.84. The van der Waals surface area contributed by atoms with Crippen LogP contribution in [-0.2, 0) is 4.79 Å². The second-order valence-electron chi connectivity index (χ2n) is 5.61. The number of nitrogens with zero attached hydrogens (tertiary/aromatic N) is 1. The summed E-state index contributed by atoms with van der Waals surface area (Å²) in [7, 11) is 0. The Balaban J connectivity index is 2.17. The normalized spacial score (nSPS) is 21.1. The summed E-state index contributed by atoms with van der Waals surface area (Å²) in [6.45, 7) is 3.87. The number of nitrogens with two attached hydrogens (primary N) is 1. The highest BCUT2D eigenvalue weighted by Gasteiger charge is 2.29. The number of benzene rings is 1. The molecule has 108 valence electrons. The first kappa shape index (κ1) is 15.0. The minimum absolute atomic E-state index is 0.0535. The van der Waals surface area contributed by atoms with Crippen molar-refractivity contribution in [2.75, 3.05) is 13.1 Å². The van der Waals surface area contributed by atoms with Crippen molar-refractivity contribution in [3.05, 3.63) is 35.9 Å². The molecule has 1 heterocycles. The first-order valence-corrected chi connectivity index (χ1v) is 7.63. The van der Waals surface area contributed by atoms with Gasteiger partial charge < -0.3 is 10.6 Å². The molecule has 4 heteroatoms. The van der Waals surface area contributed by atoms with Crippen molar-refractivity contribution >= 4 is 23.1 Å². The molecule has 0 saturated carbocycles. The van der Waals surface area contributed by atoms with E-state index in [9.17, 15) is 4.79 Å². The fraction of sp³-hybridized carbons (Fsp3) is 0.500. The van der Waals surface area contributed by atoms with Crippen LogP contribution in [0.1, 0.15) is 37.7 Å². The number of carbonyl (C=O) groups is 1. The minimum atomic E-state index is -0.486. The molecule has 0 radical (unpaired) electrons. The highest BCUT2D eigenvalue weighted by molar-refractivity contribution is 7.80. The number of likely N-dealkylation sites (tertiary alicyclic amines) is 1. The lowest BCUT2D eigenvalue weighted by Gasteiger charge is -2.26. The highest BCUT2D eigenvalue weighted by atomic mass is 32.1. The average molecular weight is 290 g/mol. The molecule has 0 bridgehead atoms. The van der Waals surface area contributed by atoms with Crippen molar-refractivity contribution in [2.45, 2.75) is 32.1 Å². The number of thiocarbonyl (C=S) groups is 1. The molecule has 0 aliphatic carbocycles. The maximum Gasteiger partial charge on any atom is 0.236 e. The third-order valence-corrected chi connectivity index (χ3v) is 4.23. The molecule has 1 fully saturated rings. The van der Waals surface area contributed by atoms with Gasteiger partial charge in [0.15, 0.2) is 0 Å². The minimum Gasteiger partial charge on any atom is -0.392 e. The first-order valence-electron chi connectivity index (χ1n) is 7.22. The third kappa shape index (κ3) is 3.57. The van der Waals surface area contributed by atoms with Crippen LogP contribution in [0.15, 0.2) is 30.3 Å². The van der Waals surface area contributed by atoms with Gasteiger partial charge in [-0.05, 0) is 30.7 Å². The second-order valence-corrected chi connectivity index (χ2v) is 6.08. The van der Waals surface area contributed by atoms with Crippen LogP contribution < -0.4 is 5.73 Å². The third-order valence-electron chi connectivity index (χ3n) is 3.99. The summed E-state index contributed by atoms with van der Waals surface area (Å²) in [5, 5.41) is 0. The van der Waals surface area contributed by atoms with Crippen LogP contribution in [0.2, 0.25) is 0 Å². The van der Waals surface area contributed by atoms with Gasteiger partial charge in [-0.2, -0.15) is 0 Å². The summed E-state index contributed by atoms with van der Waals surface area (Å²) in [4.78, 5) is 15.0. The standard InChI is InChI=1S/C16H22N2OS/c1-12-6-5-10-18(11-9-12)16(19)14(15(17)20)13-7-3-2-4-8-13/h2-4,7-8,12,14H,5-6,9-11H2,1H3,(H2,17,20). The Morgan fingerprint density at radius 3 is 2.65 bits per heavy atom. The smallest absolute Gasteiger partial charge is 0.236 e. The van der Waals surface area contributed by atoms with Gasteiger partial charge in [-0.25, -0.2) is 0 Å². The van der Waals surface area contributed by atoms with E-state index in [-0.39, 0.29) is 10.9 Å².